The van der Waals surface area contributed by atoms with Gasteiger partial charge >= 0.3 is 0 Å². The molecule has 2 saturated heterocycles. The van der Waals surface area contributed by atoms with E-state index < -0.39 is 0 Å². The van der Waals surface area contributed by atoms with E-state index in [1.165, 1.54) is 89.0 Å². The Hall–Kier alpha value is -7.10. The fraction of sp³-hybridized carbons (Fsp3) is 0.229. The van der Waals surface area contributed by atoms with E-state index in [0.717, 1.165) is 0 Å². The maximum atomic E-state index is 7.55. The molecule has 0 unspecified atom stereocenters. The van der Waals surface area contributed by atoms with Gasteiger partial charge in [-0.05, 0) is 146 Å². The lowest BCUT2D eigenvalue weighted by Crippen LogP contribution is -2.44. The van der Waals surface area contributed by atoms with Gasteiger partial charge in [0.25, 0.3) is 0 Å². The molecule has 4 heterocycles. The molecule has 0 radical (unpaired) electrons. The summed E-state index contributed by atoms with van der Waals surface area (Å²) in [4.78, 5) is 0. The van der Waals surface area contributed by atoms with E-state index in [1.54, 1.807) is 44.5 Å². The summed E-state index contributed by atoms with van der Waals surface area (Å²) in [6.07, 6.45) is 0.315. The molecule has 4 aliphatic heterocycles. The number of benzene rings is 9. The van der Waals surface area contributed by atoms with Crippen molar-refractivity contribution < 1.29 is 9.47 Å². The van der Waals surface area contributed by atoms with Gasteiger partial charge in [0, 0.05) is 71.0 Å². The highest BCUT2D eigenvalue weighted by Crippen LogP contribution is 2.77. The van der Waals surface area contributed by atoms with Crippen molar-refractivity contribution in [2.75, 3.05) is 0 Å². The third-order valence-corrected chi connectivity index (χ3v) is 21.9. The van der Waals surface area contributed by atoms with Crippen LogP contribution in [0, 0.1) is 23.7 Å². The van der Waals surface area contributed by atoms with Crippen LogP contribution in [0.5, 0.6) is 0 Å². The van der Waals surface area contributed by atoms with Crippen molar-refractivity contribution in [1.82, 2.24) is 0 Å². The molecule has 16 aliphatic rings. The highest BCUT2D eigenvalue weighted by atomic mass is 16.5. The number of hydrogen-bond donors (Lipinski definition) is 0. The van der Waals surface area contributed by atoms with E-state index in [4.69, 9.17) is 9.47 Å². The molecule has 338 valence electrons. The topological polar surface area (TPSA) is 18.5 Å². The Morgan fingerprint density at radius 2 is 0.361 bits per heavy atom. The molecule has 9 aromatic rings. The van der Waals surface area contributed by atoms with Gasteiger partial charge in [-0.25, -0.2) is 0 Å². The molecule has 72 heavy (non-hydrogen) atoms. The van der Waals surface area contributed by atoms with Gasteiger partial charge in [0.05, 0.1) is 24.4 Å². The number of hydrogen-bond acceptors (Lipinski definition) is 2. The maximum absolute atomic E-state index is 7.55. The summed E-state index contributed by atoms with van der Waals surface area (Å²) in [6.45, 7) is 0. The third kappa shape index (κ3) is 3.83. The molecule has 0 amide bonds. The molecule has 0 spiro atoms. The monoisotopic (exact) mass is 918 g/mol. The SMILES string of the molecule is c1ccc2c(c1)C1c3ccccc3C2c2cc3c(cc21)[C@@H]1c2ccccc2[C@@H]3[C@H]2[C@@H]1[C@@H]1O[C@@H]2c2cc3c(cc21)[C@@H]1O[C@@H]3[C@H]2[C@@H]3c4ccccc4[C@H](c4cc5c(cc43)C3c4ccccc4C5c4ccccc43)[C@@H]21. The predicted molar refractivity (Wildman–Crippen MR) is 276 cm³/mol. The van der Waals surface area contributed by atoms with Crippen molar-refractivity contribution in [3.8, 4) is 0 Å². The summed E-state index contributed by atoms with van der Waals surface area (Å²) in [5.74, 6) is 3.92. The Balaban J connectivity index is 0.710. The molecule has 0 N–H and O–H groups in total. The minimum absolute atomic E-state index is 0.0788. The van der Waals surface area contributed by atoms with Gasteiger partial charge in [-0.15, -0.1) is 0 Å². The van der Waals surface area contributed by atoms with Crippen LogP contribution in [-0.4, -0.2) is 0 Å². The van der Waals surface area contributed by atoms with Gasteiger partial charge in [-0.1, -0.05) is 170 Å². The summed E-state index contributed by atoms with van der Waals surface area (Å²) >= 11 is 0. The van der Waals surface area contributed by atoms with Crippen LogP contribution in [-0.2, 0) is 9.47 Å². The summed E-state index contributed by atoms with van der Waals surface area (Å²) in [5, 5.41) is 0. The third-order valence-electron chi connectivity index (χ3n) is 21.9. The smallest absolute Gasteiger partial charge is 0.0878 e. The zero-order valence-corrected chi connectivity index (χ0v) is 39.4. The van der Waals surface area contributed by atoms with Crippen molar-refractivity contribution in [2.45, 2.75) is 71.8 Å². The fourth-order valence-electron chi connectivity index (χ4n) is 19.9. The van der Waals surface area contributed by atoms with Crippen molar-refractivity contribution in [3.63, 3.8) is 0 Å². The lowest BCUT2D eigenvalue weighted by atomic mass is 9.48. The molecule has 0 saturated carbocycles. The Labute approximate surface area is 418 Å². The molecule has 9 aromatic carbocycles. The molecular weight excluding hydrogens is 873 g/mol. The average molecular weight is 919 g/mol. The van der Waals surface area contributed by atoms with Crippen LogP contribution in [0.2, 0.25) is 0 Å². The summed E-state index contributed by atoms with van der Waals surface area (Å²) in [5.41, 5.74) is 36.4. The second-order valence-electron chi connectivity index (χ2n) is 24.0. The van der Waals surface area contributed by atoms with Crippen molar-refractivity contribution in [1.29, 1.82) is 0 Å². The second kappa shape index (κ2) is 12.0. The van der Waals surface area contributed by atoms with Crippen LogP contribution >= 0.6 is 0 Å². The first kappa shape index (κ1) is 36.8. The average Bonchev–Trinajstić information content (AvgIpc) is 4.23. The standard InChI is InChI=1S/C70H46O2/c1-2-14-32-31(13-1)55-33-15-3-4-16-34(33)56(32)44-26-48-47(25-43(44)55)59-39-21-9-10-22-40(39)60(48)64-63(59)67-51-29-53-54(30-52(51)68(64)71-67)70-66-62-42-24-12-11-23-41(42)61(65(66)69(53)72-70)49-27-45-46(28-50(49)62)58-37-19-7-5-17-35(37)57(45)36-18-6-8-20-38(36)58/h1-30,55-70H/t55?,56?,57?,58?,59-,60-,61+,62+,63-,64+,65-,66-,67+,68+,69-,70-/m0/s1. The highest BCUT2D eigenvalue weighted by molar-refractivity contribution is 5.74. The van der Waals surface area contributed by atoms with E-state index in [0.29, 0.717) is 47.3 Å². The second-order valence-corrected chi connectivity index (χ2v) is 24.0. The zero-order valence-electron chi connectivity index (χ0n) is 39.4. The van der Waals surface area contributed by atoms with Crippen molar-refractivity contribution in [3.05, 3.63) is 316 Å². The molecule has 2 heteroatoms. The van der Waals surface area contributed by atoms with Crippen LogP contribution in [0.15, 0.2) is 182 Å². The van der Waals surface area contributed by atoms with Crippen molar-refractivity contribution in [2.24, 2.45) is 23.7 Å². The number of ether oxygens (including phenoxy) is 2. The van der Waals surface area contributed by atoms with Crippen LogP contribution < -0.4 is 0 Å². The minimum Gasteiger partial charge on any atom is -0.365 e. The zero-order chi connectivity index (χ0) is 45.7. The lowest BCUT2D eigenvalue weighted by molar-refractivity contribution is 0.0494. The minimum atomic E-state index is 0.0788. The maximum Gasteiger partial charge on any atom is 0.0878 e. The van der Waals surface area contributed by atoms with Gasteiger partial charge in [0.1, 0.15) is 0 Å². The first-order valence-electron chi connectivity index (χ1n) is 27.1. The van der Waals surface area contributed by atoms with Gasteiger partial charge in [0.15, 0.2) is 0 Å². The normalized spacial score (nSPS) is 34.0. The Kier molecular flexibility index (Phi) is 6.15. The quantitative estimate of drug-likeness (QED) is 0.151. The Morgan fingerprint density at radius 1 is 0.181 bits per heavy atom. The number of rotatable bonds is 0. The van der Waals surface area contributed by atoms with E-state index in [1.807, 2.05) is 0 Å². The molecule has 12 bridgehead atoms. The molecule has 2 fully saturated rings. The van der Waals surface area contributed by atoms with E-state index in [-0.39, 0.29) is 48.1 Å². The van der Waals surface area contributed by atoms with Crippen LogP contribution in [0.3, 0.4) is 0 Å². The largest absolute Gasteiger partial charge is 0.365 e. The summed E-state index contributed by atoms with van der Waals surface area (Å²) in [7, 11) is 0. The van der Waals surface area contributed by atoms with Crippen LogP contribution in [0.4, 0.5) is 0 Å². The van der Waals surface area contributed by atoms with Gasteiger partial charge < -0.3 is 9.47 Å². The lowest BCUT2D eigenvalue weighted by Gasteiger charge is -2.53. The van der Waals surface area contributed by atoms with E-state index >= 15 is 0 Å². The van der Waals surface area contributed by atoms with Gasteiger partial charge in [-0.2, -0.15) is 0 Å². The van der Waals surface area contributed by atoms with Crippen LogP contribution in [0.25, 0.3) is 0 Å². The molecule has 25 rings (SSSR count). The highest BCUT2D eigenvalue weighted by Gasteiger charge is 2.67. The predicted octanol–water partition coefficient (Wildman–Crippen LogP) is 15.0. The van der Waals surface area contributed by atoms with Gasteiger partial charge in [0.2, 0.25) is 0 Å². The summed E-state index contributed by atoms with van der Waals surface area (Å²) < 4.78 is 15.1. The van der Waals surface area contributed by atoms with E-state index in [9.17, 15) is 0 Å². The first-order chi connectivity index (χ1) is 35.8. The fourth-order valence-corrected chi connectivity index (χ4v) is 19.9. The van der Waals surface area contributed by atoms with Crippen LogP contribution in [0.1, 0.15) is 205 Å². The molecule has 0 aromatic heterocycles. The number of fused-ring (bicyclic) bond motifs is 10. The first-order valence-corrected chi connectivity index (χ1v) is 27.1. The Bertz CT molecular complexity index is 3490. The van der Waals surface area contributed by atoms with Gasteiger partial charge in [-0.3, -0.25) is 0 Å². The van der Waals surface area contributed by atoms with Crippen molar-refractivity contribution >= 4 is 0 Å². The van der Waals surface area contributed by atoms with E-state index in [2.05, 4.69) is 182 Å². The Morgan fingerprint density at radius 3 is 0.569 bits per heavy atom. The molecule has 12 atom stereocenters. The molecule has 2 nitrogen and oxygen atoms in total. The molecule has 12 aliphatic carbocycles. The summed E-state index contributed by atoms with van der Waals surface area (Å²) in [6, 6.07) is 72.5. The molecular formula is C70H46O2.